The Kier molecular flexibility index (Phi) is 2.58. The van der Waals surface area contributed by atoms with E-state index in [1.54, 1.807) is 0 Å². The average Bonchev–Trinajstić information content (AvgIpc) is 2.03. The molecule has 7 heteroatoms. The quantitative estimate of drug-likeness (QED) is 0.776. The van der Waals surface area contributed by atoms with E-state index in [9.17, 15) is 17.2 Å². The van der Waals surface area contributed by atoms with Crippen molar-refractivity contribution in [3.63, 3.8) is 0 Å². The largest absolute Gasteiger partial charge is 0.265 e. The van der Waals surface area contributed by atoms with Gasteiger partial charge < -0.3 is 0 Å². The number of primary sulfonamides is 1. The van der Waals surface area contributed by atoms with E-state index in [0.717, 1.165) is 18.5 Å². The number of alkyl halides is 2. The van der Waals surface area contributed by atoms with Crippen LogP contribution in [-0.2, 0) is 10.0 Å². The Bertz CT molecular complexity index is 405. The van der Waals surface area contributed by atoms with Gasteiger partial charge in [-0.05, 0) is 6.07 Å². The minimum absolute atomic E-state index is 0.412. The molecule has 0 aliphatic rings. The number of pyridine rings is 1. The zero-order valence-corrected chi connectivity index (χ0v) is 7.13. The van der Waals surface area contributed by atoms with Crippen molar-refractivity contribution in [1.29, 1.82) is 0 Å². The van der Waals surface area contributed by atoms with Gasteiger partial charge in [0.05, 0.1) is 0 Å². The molecule has 0 spiro atoms. The molecular formula is C6H6F2N2O2S. The molecular weight excluding hydrogens is 202 g/mol. The van der Waals surface area contributed by atoms with Gasteiger partial charge in [-0.15, -0.1) is 0 Å². The van der Waals surface area contributed by atoms with Crippen molar-refractivity contribution in [3.8, 4) is 0 Å². The van der Waals surface area contributed by atoms with Gasteiger partial charge in [0.1, 0.15) is 4.90 Å². The summed E-state index contributed by atoms with van der Waals surface area (Å²) in [5, 5.41) is 4.71. The van der Waals surface area contributed by atoms with Crippen LogP contribution in [0.15, 0.2) is 23.4 Å². The molecule has 0 saturated heterocycles. The van der Waals surface area contributed by atoms with E-state index in [1.165, 1.54) is 0 Å². The van der Waals surface area contributed by atoms with E-state index in [-0.39, 0.29) is 0 Å². The van der Waals surface area contributed by atoms with Crippen LogP contribution < -0.4 is 5.14 Å². The van der Waals surface area contributed by atoms with Gasteiger partial charge in [-0.1, -0.05) is 0 Å². The Balaban J connectivity index is 3.21. The minimum Gasteiger partial charge on any atom is -0.263 e. The summed E-state index contributed by atoms with van der Waals surface area (Å²) >= 11 is 0. The molecule has 0 saturated carbocycles. The van der Waals surface area contributed by atoms with E-state index in [1.807, 2.05) is 0 Å². The van der Waals surface area contributed by atoms with E-state index in [0.29, 0.717) is 0 Å². The summed E-state index contributed by atoms with van der Waals surface area (Å²) in [6.45, 7) is 0. The van der Waals surface area contributed by atoms with Crippen LogP contribution in [0.1, 0.15) is 12.0 Å². The van der Waals surface area contributed by atoms with Crippen molar-refractivity contribution in [2.45, 2.75) is 11.3 Å². The first-order chi connectivity index (χ1) is 5.91. The Morgan fingerprint density at radius 3 is 2.46 bits per heavy atom. The third kappa shape index (κ3) is 2.43. The molecule has 0 aliphatic heterocycles. The van der Waals surface area contributed by atoms with Gasteiger partial charge >= 0.3 is 0 Å². The molecule has 72 valence electrons. The number of nitrogens with zero attached hydrogens (tertiary/aromatic N) is 1. The Hall–Kier alpha value is -1.08. The highest BCUT2D eigenvalue weighted by Gasteiger charge is 2.13. The minimum atomic E-state index is -3.95. The molecule has 13 heavy (non-hydrogen) atoms. The lowest BCUT2D eigenvalue weighted by Crippen LogP contribution is -2.12. The van der Waals surface area contributed by atoms with Gasteiger partial charge in [-0.25, -0.2) is 22.3 Å². The van der Waals surface area contributed by atoms with E-state index >= 15 is 0 Å². The van der Waals surface area contributed by atoms with Gasteiger partial charge in [0.25, 0.3) is 6.43 Å². The van der Waals surface area contributed by atoms with Gasteiger partial charge in [0.15, 0.2) is 0 Å². The van der Waals surface area contributed by atoms with Crippen LogP contribution in [0.2, 0.25) is 0 Å². The highest BCUT2D eigenvalue weighted by Crippen LogP contribution is 2.19. The van der Waals surface area contributed by atoms with E-state index in [4.69, 9.17) is 5.14 Å². The Morgan fingerprint density at radius 2 is 2.00 bits per heavy atom. The number of nitrogens with two attached hydrogens (primary N) is 1. The summed E-state index contributed by atoms with van der Waals surface area (Å²) in [7, 11) is -3.95. The zero-order valence-electron chi connectivity index (χ0n) is 6.31. The molecule has 1 heterocycles. The van der Waals surface area contributed by atoms with Gasteiger partial charge in [-0.3, -0.25) is 4.98 Å². The van der Waals surface area contributed by atoms with Crippen LogP contribution in [-0.4, -0.2) is 13.4 Å². The zero-order chi connectivity index (χ0) is 10.1. The summed E-state index contributed by atoms with van der Waals surface area (Å²) < 4.78 is 45.5. The molecule has 0 unspecified atom stereocenters. The second kappa shape index (κ2) is 3.35. The highest BCUT2D eigenvalue weighted by atomic mass is 32.2. The van der Waals surface area contributed by atoms with E-state index < -0.39 is 26.9 Å². The van der Waals surface area contributed by atoms with Crippen molar-refractivity contribution < 1.29 is 17.2 Å². The second-order valence-electron chi connectivity index (χ2n) is 2.30. The van der Waals surface area contributed by atoms with Gasteiger partial charge in [-0.2, -0.15) is 0 Å². The van der Waals surface area contributed by atoms with Crippen molar-refractivity contribution >= 4 is 10.0 Å². The first kappa shape index (κ1) is 10.0. The van der Waals surface area contributed by atoms with Crippen LogP contribution in [0.5, 0.6) is 0 Å². The highest BCUT2D eigenvalue weighted by molar-refractivity contribution is 7.89. The molecule has 0 radical (unpaired) electrons. The summed E-state index contributed by atoms with van der Waals surface area (Å²) in [5.41, 5.74) is -0.466. The van der Waals surface area contributed by atoms with Crippen LogP contribution in [0.25, 0.3) is 0 Å². The molecule has 1 rings (SSSR count). The fraction of sp³-hybridized carbons (Fsp3) is 0.167. The van der Waals surface area contributed by atoms with Crippen LogP contribution in [0.3, 0.4) is 0 Å². The Labute approximate surface area is 73.4 Å². The lowest BCUT2D eigenvalue weighted by atomic mass is 10.3. The molecule has 0 bridgehead atoms. The first-order valence-electron chi connectivity index (χ1n) is 3.17. The third-order valence-corrected chi connectivity index (χ3v) is 2.20. The molecule has 4 nitrogen and oxygen atoms in total. The number of rotatable bonds is 2. The first-order valence-corrected chi connectivity index (χ1v) is 4.72. The number of sulfonamides is 1. The lowest BCUT2D eigenvalue weighted by Gasteiger charge is -2.00. The summed E-state index contributed by atoms with van der Waals surface area (Å²) in [5.74, 6) is 0. The molecule has 1 aromatic heterocycles. The van der Waals surface area contributed by atoms with E-state index in [2.05, 4.69) is 4.98 Å². The fourth-order valence-electron chi connectivity index (χ4n) is 0.711. The molecule has 0 atom stereocenters. The molecule has 0 aliphatic carbocycles. The summed E-state index contributed by atoms with van der Waals surface area (Å²) in [6.07, 6.45) is -0.949. The maximum absolute atomic E-state index is 12.1. The van der Waals surface area contributed by atoms with Crippen molar-refractivity contribution in [3.05, 3.63) is 24.0 Å². The maximum Gasteiger partial charge on any atom is 0.265 e. The van der Waals surface area contributed by atoms with Crippen LogP contribution in [0, 0.1) is 0 Å². The third-order valence-electron chi connectivity index (χ3n) is 1.31. The predicted molar refractivity (Wildman–Crippen MR) is 40.6 cm³/mol. The average molecular weight is 208 g/mol. The van der Waals surface area contributed by atoms with Crippen LogP contribution in [0.4, 0.5) is 8.78 Å². The van der Waals surface area contributed by atoms with Gasteiger partial charge in [0.2, 0.25) is 10.0 Å². The summed E-state index contributed by atoms with van der Waals surface area (Å²) in [4.78, 5) is 2.92. The molecule has 0 amide bonds. The maximum atomic E-state index is 12.1. The number of hydrogen-bond donors (Lipinski definition) is 1. The van der Waals surface area contributed by atoms with Gasteiger partial charge in [0, 0.05) is 18.0 Å². The Morgan fingerprint density at radius 1 is 1.38 bits per heavy atom. The molecule has 1 aromatic rings. The monoisotopic (exact) mass is 208 g/mol. The molecule has 2 N–H and O–H groups in total. The number of halogens is 2. The lowest BCUT2D eigenvalue weighted by molar-refractivity contribution is 0.150. The standard InChI is InChI=1S/C6H6F2N2O2S/c7-6(8)4-1-5(3-10-2-4)13(9,11)12/h1-3,6H,(H2,9,11,12). The topological polar surface area (TPSA) is 73.1 Å². The fourth-order valence-corrected chi connectivity index (χ4v) is 1.22. The SMILES string of the molecule is NS(=O)(=O)c1cncc(C(F)F)c1. The summed E-state index contributed by atoms with van der Waals surface area (Å²) in [6, 6.07) is 0.799. The molecule has 0 fully saturated rings. The predicted octanol–water partition coefficient (Wildman–Crippen LogP) is 0.667. The van der Waals surface area contributed by atoms with Crippen molar-refractivity contribution in [2.75, 3.05) is 0 Å². The van der Waals surface area contributed by atoms with Crippen LogP contribution >= 0.6 is 0 Å². The smallest absolute Gasteiger partial charge is 0.263 e. The molecule has 0 aromatic carbocycles. The number of hydrogen-bond acceptors (Lipinski definition) is 3. The normalized spacial score (nSPS) is 12.0. The van der Waals surface area contributed by atoms with Crippen molar-refractivity contribution in [1.82, 2.24) is 4.98 Å². The number of aromatic nitrogens is 1. The van der Waals surface area contributed by atoms with Crippen molar-refractivity contribution in [2.24, 2.45) is 5.14 Å². The second-order valence-corrected chi connectivity index (χ2v) is 3.86.